The summed E-state index contributed by atoms with van der Waals surface area (Å²) >= 11 is 1.17. The van der Waals surface area contributed by atoms with E-state index in [-0.39, 0.29) is 21.9 Å². The molecule has 2 amide bonds. The number of nitrogens with zero attached hydrogens (tertiary/aromatic N) is 1. The van der Waals surface area contributed by atoms with Crippen molar-refractivity contribution in [1.82, 2.24) is 10.3 Å². The van der Waals surface area contributed by atoms with Crippen LogP contribution in [0, 0.1) is 0 Å². The minimum Gasteiger partial charge on any atom is -0.352 e. The molecule has 0 unspecified atom stereocenters. The molecule has 1 aromatic heterocycles. The molecule has 27 heavy (non-hydrogen) atoms. The number of carbonyl (C=O) groups excluding carboxylic acids is 2. The maximum Gasteiger partial charge on any atom is 0.258 e. The zero-order chi connectivity index (χ0) is 19.6. The predicted octanol–water partition coefficient (Wildman–Crippen LogP) is 2.70. The van der Waals surface area contributed by atoms with Gasteiger partial charge in [0.05, 0.1) is 26.2 Å². The summed E-state index contributed by atoms with van der Waals surface area (Å²) in [6, 6.07) is 11.1. The van der Waals surface area contributed by atoms with Crippen molar-refractivity contribution in [3.05, 3.63) is 53.6 Å². The van der Waals surface area contributed by atoms with Gasteiger partial charge in [-0.25, -0.2) is 13.4 Å². The smallest absolute Gasteiger partial charge is 0.258 e. The number of amides is 2. The van der Waals surface area contributed by atoms with Crippen LogP contribution < -0.4 is 10.6 Å². The van der Waals surface area contributed by atoms with Crippen LogP contribution in [-0.4, -0.2) is 38.0 Å². The van der Waals surface area contributed by atoms with Gasteiger partial charge in [0.25, 0.3) is 11.8 Å². The number of rotatable bonds is 5. The summed E-state index contributed by atoms with van der Waals surface area (Å²) in [6.45, 7) is 2.25. The van der Waals surface area contributed by atoms with Crippen molar-refractivity contribution < 1.29 is 18.0 Å². The molecule has 2 N–H and O–H groups in total. The molecular weight excluding hydrogens is 386 g/mol. The van der Waals surface area contributed by atoms with Crippen molar-refractivity contribution in [2.24, 2.45) is 0 Å². The van der Waals surface area contributed by atoms with Crippen LogP contribution in [0.2, 0.25) is 0 Å². The van der Waals surface area contributed by atoms with Gasteiger partial charge in [0, 0.05) is 12.8 Å². The quantitative estimate of drug-likeness (QED) is 0.681. The van der Waals surface area contributed by atoms with E-state index in [0.717, 1.165) is 6.26 Å². The predicted molar refractivity (Wildman–Crippen MR) is 105 cm³/mol. The van der Waals surface area contributed by atoms with Crippen molar-refractivity contribution >= 4 is 48.3 Å². The summed E-state index contributed by atoms with van der Waals surface area (Å²) in [7, 11) is -3.32. The Kier molecular flexibility index (Phi) is 5.24. The second-order valence-electron chi connectivity index (χ2n) is 5.78. The Bertz CT molecular complexity index is 1140. The molecule has 0 saturated heterocycles. The molecule has 0 aliphatic rings. The maximum atomic E-state index is 12.6. The molecule has 0 aliphatic heterocycles. The molecule has 2 aromatic carbocycles. The van der Waals surface area contributed by atoms with Crippen molar-refractivity contribution in [2.75, 3.05) is 18.1 Å². The lowest BCUT2D eigenvalue weighted by Crippen LogP contribution is -2.26. The van der Waals surface area contributed by atoms with Gasteiger partial charge in [0.1, 0.15) is 0 Å². The largest absolute Gasteiger partial charge is 0.352 e. The van der Waals surface area contributed by atoms with Crippen LogP contribution in [0.15, 0.2) is 47.4 Å². The Morgan fingerprint density at radius 1 is 1.07 bits per heavy atom. The first kappa shape index (κ1) is 19.0. The van der Waals surface area contributed by atoms with E-state index in [2.05, 4.69) is 15.6 Å². The molecule has 0 spiro atoms. The Balaban J connectivity index is 1.90. The zero-order valence-corrected chi connectivity index (χ0v) is 16.3. The Morgan fingerprint density at radius 2 is 1.74 bits per heavy atom. The summed E-state index contributed by atoms with van der Waals surface area (Å²) in [4.78, 5) is 29.3. The fraction of sp³-hybridized carbons (Fsp3) is 0.167. The number of nitrogens with one attached hydrogen (secondary N) is 2. The molecule has 0 aliphatic carbocycles. The number of hydrogen-bond acceptors (Lipinski definition) is 6. The van der Waals surface area contributed by atoms with Gasteiger partial charge in [-0.3, -0.25) is 14.9 Å². The minimum atomic E-state index is -3.32. The number of benzene rings is 2. The second-order valence-corrected chi connectivity index (χ2v) is 8.83. The normalized spacial score (nSPS) is 11.3. The lowest BCUT2D eigenvalue weighted by Gasteiger charge is -2.08. The van der Waals surface area contributed by atoms with Crippen LogP contribution in [-0.2, 0) is 9.84 Å². The van der Waals surface area contributed by atoms with Gasteiger partial charge in [-0.15, -0.1) is 0 Å². The number of aromatic nitrogens is 1. The van der Waals surface area contributed by atoms with Crippen LogP contribution in [0.25, 0.3) is 10.2 Å². The van der Waals surface area contributed by atoms with Crippen LogP contribution in [0.4, 0.5) is 5.13 Å². The molecule has 0 fully saturated rings. The average molecular weight is 403 g/mol. The topological polar surface area (TPSA) is 105 Å². The van der Waals surface area contributed by atoms with E-state index in [4.69, 9.17) is 0 Å². The first-order valence-electron chi connectivity index (χ1n) is 8.09. The second kappa shape index (κ2) is 7.45. The van der Waals surface area contributed by atoms with E-state index in [0.29, 0.717) is 21.9 Å². The van der Waals surface area contributed by atoms with Crippen LogP contribution in [0.5, 0.6) is 0 Å². The van der Waals surface area contributed by atoms with Gasteiger partial charge in [-0.2, -0.15) is 0 Å². The van der Waals surface area contributed by atoms with E-state index in [1.165, 1.54) is 23.5 Å². The summed E-state index contributed by atoms with van der Waals surface area (Å²) in [5, 5.41) is 5.68. The molecule has 3 aromatic rings. The number of hydrogen-bond donors (Lipinski definition) is 2. The standard InChI is InChI=1S/C18H17N3O4S2/c1-3-19-16(22)12-6-4-5-7-13(12)17(23)21-18-20-14-9-8-11(27(2,24)25)10-15(14)26-18/h4-10H,3H2,1-2H3,(H,19,22)(H,20,21,23). The highest BCUT2D eigenvalue weighted by Gasteiger charge is 2.18. The molecule has 0 atom stereocenters. The summed E-state index contributed by atoms with van der Waals surface area (Å²) in [5.74, 6) is -0.787. The highest BCUT2D eigenvalue weighted by Crippen LogP contribution is 2.28. The third-order valence-corrected chi connectivity index (χ3v) is 5.81. The molecule has 0 bridgehead atoms. The molecule has 7 nitrogen and oxygen atoms in total. The Hall–Kier alpha value is -2.78. The van der Waals surface area contributed by atoms with Gasteiger partial charge < -0.3 is 5.32 Å². The van der Waals surface area contributed by atoms with Gasteiger partial charge in [0.15, 0.2) is 15.0 Å². The zero-order valence-electron chi connectivity index (χ0n) is 14.6. The number of sulfone groups is 1. The third-order valence-electron chi connectivity index (χ3n) is 3.76. The fourth-order valence-corrected chi connectivity index (χ4v) is 4.11. The van der Waals surface area contributed by atoms with E-state index in [9.17, 15) is 18.0 Å². The first-order valence-corrected chi connectivity index (χ1v) is 10.8. The monoisotopic (exact) mass is 403 g/mol. The molecule has 9 heteroatoms. The van der Waals surface area contributed by atoms with Crippen molar-refractivity contribution in [1.29, 1.82) is 0 Å². The lowest BCUT2D eigenvalue weighted by atomic mass is 10.1. The van der Waals surface area contributed by atoms with Crippen LogP contribution >= 0.6 is 11.3 Å². The van der Waals surface area contributed by atoms with E-state index < -0.39 is 15.7 Å². The van der Waals surface area contributed by atoms with Crippen LogP contribution in [0.3, 0.4) is 0 Å². The third kappa shape index (κ3) is 4.15. The molecule has 3 rings (SSSR count). The Labute approximate surface area is 160 Å². The van der Waals surface area contributed by atoms with E-state index >= 15 is 0 Å². The number of anilines is 1. The Morgan fingerprint density at radius 3 is 2.37 bits per heavy atom. The van der Waals surface area contributed by atoms with Crippen molar-refractivity contribution in [3.63, 3.8) is 0 Å². The summed E-state index contributed by atoms with van der Waals surface area (Å²) in [6.07, 6.45) is 1.14. The summed E-state index contributed by atoms with van der Waals surface area (Å²) < 4.78 is 24.0. The van der Waals surface area contributed by atoms with E-state index in [1.807, 2.05) is 0 Å². The van der Waals surface area contributed by atoms with Crippen molar-refractivity contribution in [2.45, 2.75) is 11.8 Å². The molecule has 1 heterocycles. The molecule has 0 radical (unpaired) electrons. The number of thiazole rings is 1. The first-order chi connectivity index (χ1) is 12.8. The maximum absolute atomic E-state index is 12.6. The van der Waals surface area contributed by atoms with Gasteiger partial charge in [0.2, 0.25) is 0 Å². The molecule has 140 valence electrons. The number of fused-ring (bicyclic) bond motifs is 1. The molecular formula is C18H17N3O4S2. The molecule has 0 saturated carbocycles. The summed E-state index contributed by atoms with van der Waals surface area (Å²) in [5.41, 5.74) is 1.09. The SMILES string of the molecule is CCNC(=O)c1ccccc1C(=O)Nc1nc2ccc(S(C)(=O)=O)cc2s1. The average Bonchev–Trinajstić information content (AvgIpc) is 3.02. The van der Waals surface area contributed by atoms with Gasteiger partial charge in [-0.1, -0.05) is 23.5 Å². The minimum absolute atomic E-state index is 0.193. The highest BCUT2D eigenvalue weighted by molar-refractivity contribution is 7.90. The number of carbonyl (C=O) groups is 2. The van der Waals surface area contributed by atoms with Crippen molar-refractivity contribution in [3.8, 4) is 0 Å². The lowest BCUT2D eigenvalue weighted by molar-refractivity contribution is 0.0942. The highest BCUT2D eigenvalue weighted by atomic mass is 32.2. The fourth-order valence-electron chi connectivity index (χ4n) is 2.49. The van der Waals surface area contributed by atoms with E-state index in [1.54, 1.807) is 37.3 Å². The van der Waals surface area contributed by atoms with Gasteiger partial charge in [-0.05, 0) is 37.3 Å². The van der Waals surface area contributed by atoms with Crippen LogP contribution in [0.1, 0.15) is 27.6 Å². The van der Waals surface area contributed by atoms with Gasteiger partial charge >= 0.3 is 0 Å².